The van der Waals surface area contributed by atoms with Crippen molar-refractivity contribution in [1.29, 1.82) is 0 Å². The third-order valence-electron chi connectivity index (χ3n) is 2.66. The van der Waals surface area contributed by atoms with Gasteiger partial charge in [0.2, 0.25) is 0 Å². The number of rotatable bonds is 5. The molecule has 18 heavy (non-hydrogen) atoms. The van der Waals surface area contributed by atoms with Crippen LogP contribution in [0.3, 0.4) is 0 Å². The van der Waals surface area contributed by atoms with E-state index in [0.717, 1.165) is 0 Å². The fourth-order valence-electron chi connectivity index (χ4n) is 1.62. The number of para-hydroxylation sites is 1. The number of unbranched alkanes of at least 4 members (excludes halogenated alkanes) is 3. The minimum Gasteiger partial charge on any atom is -0.508 e. The Labute approximate surface area is 114 Å². The maximum Gasteiger partial charge on any atom is 0.115 e. The van der Waals surface area contributed by atoms with Crippen molar-refractivity contribution in [2.24, 2.45) is 0 Å². The van der Waals surface area contributed by atoms with Crippen LogP contribution in [0.25, 0.3) is 0 Å². The zero-order chi connectivity index (χ0) is 13.1. The zero-order valence-electron chi connectivity index (χ0n) is 11.0. The van der Waals surface area contributed by atoms with Crippen molar-refractivity contribution in [1.82, 2.24) is 0 Å². The summed E-state index contributed by atoms with van der Waals surface area (Å²) in [6.07, 6.45) is 6.77. The number of hydrogen-bond donors (Lipinski definition) is 1. The highest BCUT2D eigenvalue weighted by Gasteiger charge is 1.91. The Kier molecular flexibility index (Phi) is 7.98. The van der Waals surface area contributed by atoms with Crippen LogP contribution in [0.5, 0.6) is 5.75 Å². The van der Waals surface area contributed by atoms with E-state index in [0.29, 0.717) is 5.75 Å². The predicted molar refractivity (Wildman–Crippen MR) is 80.3 cm³/mol. The van der Waals surface area contributed by atoms with Crippen LogP contribution in [0.4, 0.5) is 0 Å². The Balaban J connectivity index is 0.000000199. The van der Waals surface area contributed by atoms with E-state index in [1.165, 1.54) is 37.7 Å². The lowest BCUT2D eigenvalue weighted by Gasteiger charge is -1.96. The van der Waals surface area contributed by atoms with Gasteiger partial charge in [-0.15, -0.1) is 0 Å². The minimum atomic E-state index is 0.322. The second kappa shape index (κ2) is 9.72. The molecular weight excluding hydrogens is 240 g/mol. The van der Waals surface area contributed by atoms with Gasteiger partial charge in [0.1, 0.15) is 5.75 Å². The Bertz CT molecular complexity index is 381. The quantitative estimate of drug-likeness (QED) is 0.728. The molecule has 0 atom stereocenters. The van der Waals surface area contributed by atoms with Crippen LogP contribution in [-0.4, -0.2) is 5.11 Å². The molecule has 0 radical (unpaired) electrons. The molecule has 0 saturated heterocycles. The van der Waals surface area contributed by atoms with E-state index in [9.17, 15) is 0 Å². The van der Waals surface area contributed by atoms with Crippen molar-refractivity contribution in [2.45, 2.75) is 39.0 Å². The van der Waals surface area contributed by atoms with Crippen molar-refractivity contribution in [3.8, 4) is 5.75 Å². The number of aromatic hydroxyl groups is 1. The summed E-state index contributed by atoms with van der Waals surface area (Å²) in [6.45, 7) is 2.25. The van der Waals surface area contributed by atoms with Crippen LogP contribution in [0.1, 0.15) is 38.2 Å². The van der Waals surface area contributed by atoms with Crippen LogP contribution in [-0.2, 0) is 6.42 Å². The third kappa shape index (κ3) is 7.13. The number of phenolic OH excluding ortho intramolecular Hbond substituents is 1. The molecule has 0 aliphatic heterocycles. The molecule has 1 heterocycles. The first-order valence-corrected chi connectivity index (χ1v) is 7.52. The van der Waals surface area contributed by atoms with E-state index < -0.39 is 0 Å². The van der Waals surface area contributed by atoms with Crippen molar-refractivity contribution in [3.05, 3.63) is 52.7 Å². The summed E-state index contributed by atoms with van der Waals surface area (Å²) < 4.78 is 0. The molecule has 0 spiro atoms. The molecule has 0 amide bonds. The molecule has 1 nitrogen and oxygen atoms in total. The molecular formula is C16H22OS. The summed E-state index contributed by atoms with van der Waals surface area (Å²) in [5, 5.41) is 13.0. The summed E-state index contributed by atoms with van der Waals surface area (Å²) >= 11 is 1.80. The molecule has 2 heteroatoms. The molecule has 0 saturated carbocycles. The molecule has 0 bridgehead atoms. The summed E-state index contributed by atoms with van der Waals surface area (Å²) in [6, 6.07) is 10.9. The molecule has 1 aromatic carbocycles. The smallest absolute Gasteiger partial charge is 0.115 e. The van der Waals surface area contributed by atoms with Gasteiger partial charge >= 0.3 is 0 Å². The highest BCUT2D eigenvalue weighted by molar-refractivity contribution is 7.07. The maximum absolute atomic E-state index is 8.63. The standard InChI is InChI=1S/C10H16S.C6H6O/c1-2-3-4-5-6-10-7-8-11-9-10;7-6-4-2-1-3-5-6/h7-9H,2-6H2,1H3;1-5,7H. The lowest BCUT2D eigenvalue weighted by atomic mass is 10.1. The highest BCUT2D eigenvalue weighted by Crippen LogP contribution is 2.10. The number of benzene rings is 1. The van der Waals surface area contributed by atoms with E-state index in [4.69, 9.17) is 5.11 Å². The van der Waals surface area contributed by atoms with E-state index >= 15 is 0 Å². The first-order valence-electron chi connectivity index (χ1n) is 6.58. The van der Waals surface area contributed by atoms with Crippen LogP contribution in [0, 0.1) is 0 Å². The molecule has 0 aliphatic carbocycles. The molecule has 2 rings (SSSR count). The first-order chi connectivity index (χ1) is 8.83. The second-order valence-corrected chi connectivity index (χ2v) is 5.06. The average molecular weight is 262 g/mol. The Morgan fingerprint density at radius 3 is 2.28 bits per heavy atom. The largest absolute Gasteiger partial charge is 0.508 e. The van der Waals surface area contributed by atoms with Gasteiger partial charge in [0, 0.05) is 0 Å². The molecule has 1 aromatic heterocycles. The van der Waals surface area contributed by atoms with Gasteiger partial charge in [-0.05, 0) is 47.4 Å². The second-order valence-electron chi connectivity index (χ2n) is 4.28. The van der Waals surface area contributed by atoms with E-state index in [1.807, 2.05) is 6.07 Å². The number of aryl methyl sites for hydroxylation is 1. The monoisotopic (exact) mass is 262 g/mol. The van der Waals surface area contributed by atoms with Gasteiger partial charge in [0.25, 0.3) is 0 Å². The Morgan fingerprint density at radius 1 is 1.00 bits per heavy atom. The average Bonchev–Trinajstić information content (AvgIpc) is 2.90. The van der Waals surface area contributed by atoms with Gasteiger partial charge in [0.05, 0.1) is 0 Å². The number of hydrogen-bond acceptors (Lipinski definition) is 2. The Morgan fingerprint density at radius 2 is 1.78 bits per heavy atom. The molecule has 0 aliphatic rings. The lowest BCUT2D eigenvalue weighted by Crippen LogP contribution is -1.81. The summed E-state index contributed by atoms with van der Waals surface area (Å²) in [5.74, 6) is 0.322. The normalized spacial score (nSPS) is 9.61. The fraction of sp³-hybridized carbons (Fsp3) is 0.375. The van der Waals surface area contributed by atoms with Crippen LogP contribution < -0.4 is 0 Å². The summed E-state index contributed by atoms with van der Waals surface area (Å²) in [5.41, 5.74) is 1.52. The van der Waals surface area contributed by atoms with Crippen molar-refractivity contribution < 1.29 is 5.11 Å². The van der Waals surface area contributed by atoms with Crippen LogP contribution in [0.15, 0.2) is 47.2 Å². The Hall–Kier alpha value is -1.28. The van der Waals surface area contributed by atoms with Gasteiger partial charge in [-0.2, -0.15) is 11.3 Å². The fourth-order valence-corrected chi connectivity index (χ4v) is 2.32. The van der Waals surface area contributed by atoms with E-state index in [1.54, 1.807) is 35.6 Å². The number of phenols is 1. The van der Waals surface area contributed by atoms with Gasteiger partial charge in [-0.25, -0.2) is 0 Å². The summed E-state index contributed by atoms with van der Waals surface area (Å²) in [4.78, 5) is 0. The zero-order valence-corrected chi connectivity index (χ0v) is 11.8. The van der Waals surface area contributed by atoms with Crippen LogP contribution >= 0.6 is 11.3 Å². The summed E-state index contributed by atoms with van der Waals surface area (Å²) in [7, 11) is 0. The predicted octanol–water partition coefficient (Wildman–Crippen LogP) is 5.26. The van der Waals surface area contributed by atoms with Gasteiger partial charge < -0.3 is 5.11 Å². The van der Waals surface area contributed by atoms with E-state index in [-0.39, 0.29) is 0 Å². The molecule has 1 N–H and O–H groups in total. The maximum atomic E-state index is 8.63. The minimum absolute atomic E-state index is 0.322. The highest BCUT2D eigenvalue weighted by atomic mass is 32.1. The van der Waals surface area contributed by atoms with Crippen molar-refractivity contribution in [3.63, 3.8) is 0 Å². The molecule has 2 aromatic rings. The van der Waals surface area contributed by atoms with Crippen molar-refractivity contribution in [2.75, 3.05) is 0 Å². The topological polar surface area (TPSA) is 20.2 Å². The van der Waals surface area contributed by atoms with Gasteiger partial charge in [-0.1, -0.05) is 44.4 Å². The first kappa shape index (κ1) is 14.8. The SMILES string of the molecule is CCCCCCc1ccsc1.Oc1ccccc1. The van der Waals surface area contributed by atoms with Crippen molar-refractivity contribution >= 4 is 11.3 Å². The third-order valence-corrected chi connectivity index (χ3v) is 3.39. The number of thiophene rings is 1. The molecule has 0 unspecified atom stereocenters. The van der Waals surface area contributed by atoms with E-state index in [2.05, 4.69) is 23.8 Å². The van der Waals surface area contributed by atoms with Crippen LogP contribution in [0.2, 0.25) is 0 Å². The lowest BCUT2D eigenvalue weighted by molar-refractivity contribution is 0.475. The molecule has 98 valence electrons. The molecule has 0 fully saturated rings. The van der Waals surface area contributed by atoms with Gasteiger partial charge in [-0.3, -0.25) is 0 Å². The van der Waals surface area contributed by atoms with Gasteiger partial charge in [0.15, 0.2) is 0 Å².